The van der Waals surface area contributed by atoms with Crippen LogP contribution in [0, 0.1) is 18.7 Å². The lowest BCUT2D eigenvalue weighted by Crippen LogP contribution is -2.36. The molecule has 4 rings (SSSR count). The number of hydrogen-bond acceptors (Lipinski definition) is 4. The van der Waals surface area contributed by atoms with Gasteiger partial charge in [-0.3, -0.25) is 9.59 Å². The van der Waals surface area contributed by atoms with Gasteiger partial charge in [-0.25, -0.2) is 17.5 Å². The van der Waals surface area contributed by atoms with E-state index >= 15 is 0 Å². The molecule has 1 aliphatic heterocycles. The number of carbonyl (C=O) groups excluding carboxylic acids is 2. The first-order valence-corrected chi connectivity index (χ1v) is 12.2. The highest BCUT2D eigenvalue weighted by Gasteiger charge is 2.39. The zero-order valence-corrected chi connectivity index (χ0v) is 18.8. The van der Waals surface area contributed by atoms with Crippen LogP contribution in [0.1, 0.15) is 37.3 Å². The van der Waals surface area contributed by atoms with Gasteiger partial charge in [-0.1, -0.05) is 0 Å². The molecular weight excluding hydrogens is 433 g/mol. The fraction of sp³-hybridized carbons (Fsp3) is 0.391. The van der Waals surface area contributed by atoms with Crippen molar-refractivity contribution in [2.45, 2.75) is 50.5 Å². The summed E-state index contributed by atoms with van der Waals surface area (Å²) in [6, 6.07) is 8.83. The molecule has 1 saturated carbocycles. The summed E-state index contributed by atoms with van der Waals surface area (Å²) < 4.78 is 41.1. The Labute approximate surface area is 187 Å². The molecule has 1 atom stereocenters. The van der Waals surface area contributed by atoms with Crippen LogP contribution >= 0.6 is 0 Å². The highest BCUT2D eigenvalue weighted by molar-refractivity contribution is 7.89. The highest BCUT2D eigenvalue weighted by atomic mass is 32.2. The Bertz CT molecular complexity index is 1180. The summed E-state index contributed by atoms with van der Waals surface area (Å²) in [5.74, 6) is -0.554. The third-order valence-electron chi connectivity index (χ3n) is 5.85. The van der Waals surface area contributed by atoms with Gasteiger partial charge in [0.15, 0.2) is 0 Å². The molecule has 2 aromatic carbocycles. The van der Waals surface area contributed by atoms with Gasteiger partial charge in [-0.2, -0.15) is 0 Å². The zero-order chi connectivity index (χ0) is 23.0. The number of nitrogens with one attached hydrogen (secondary N) is 2. The van der Waals surface area contributed by atoms with E-state index in [1.807, 2.05) is 6.92 Å². The van der Waals surface area contributed by atoms with Gasteiger partial charge < -0.3 is 10.2 Å². The SMILES string of the molecule is Cc1cc(F)ccc1NC(=O)CCNS(=O)(=O)c1ccc2c(c1)C[C@H](C)N2C(=O)C1CC1. The predicted octanol–water partition coefficient (Wildman–Crippen LogP) is 3.13. The number of amides is 2. The molecule has 2 aromatic rings. The van der Waals surface area contributed by atoms with E-state index in [-0.39, 0.29) is 41.6 Å². The molecule has 9 heteroatoms. The van der Waals surface area contributed by atoms with Gasteiger partial charge in [0.2, 0.25) is 21.8 Å². The summed E-state index contributed by atoms with van der Waals surface area (Å²) in [6.45, 7) is 3.57. The van der Waals surface area contributed by atoms with E-state index in [9.17, 15) is 22.4 Å². The van der Waals surface area contributed by atoms with Crippen molar-refractivity contribution in [3.8, 4) is 0 Å². The smallest absolute Gasteiger partial charge is 0.240 e. The molecule has 170 valence electrons. The molecular formula is C23H26FN3O4S. The van der Waals surface area contributed by atoms with E-state index < -0.39 is 15.8 Å². The Balaban J connectivity index is 1.37. The molecule has 1 fully saturated rings. The minimum atomic E-state index is -3.81. The normalized spacial score (nSPS) is 17.8. The molecule has 32 heavy (non-hydrogen) atoms. The second-order valence-electron chi connectivity index (χ2n) is 8.48. The number of anilines is 2. The number of aryl methyl sites for hydroxylation is 1. The van der Waals surface area contributed by atoms with Gasteiger partial charge in [-0.15, -0.1) is 0 Å². The number of benzene rings is 2. The topological polar surface area (TPSA) is 95.6 Å². The third kappa shape index (κ3) is 4.68. The predicted molar refractivity (Wildman–Crippen MR) is 119 cm³/mol. The van der Waals surface area contributed by atoms with Crippen molar-refractivity contribution in [2.24, 2.45) is 5.92 Å². The summed E-state index contributed by atoms with van der Waals surface area (Å²) in [7, 11) is -3.81. The Morgan fingerprint density at radius 3 is 2.59 bits per heavy atom. The van der Waals surface area contributed by atoms with Gasteiger partial charge in [-0.05, 0) is 80.6 Å². The number of sulfonamides is 1. The van der Waals surface area contributed by atoms with E-state index in [1.54, 1.807) is 24.0 Å². The van der Waals surface area contributed by atoms with Crippen molar-refractivity contribution >= 4 is 33.2 Å². The largest absolute Gasteiger partial charge is 0.326 e. The van der Waals surface area contributed by atoms with Crippen LogP contribution in [-0.4, -0.2) is 32.8 Å². The first-order valence-electron chi connectivity index (χ1n) is 10.7. The van der Waals surface area contributed by atoms with Gasteiger partial charge >= 0.3 is 0 Å². The first kappa shape index (κ1) is 22.4. The fourth-order valence-electron chi connectivity index (χ4n) is 4.00. The van der Waals surface area contributed by atoms with Gasteiger partial charge in [0.1, 0.15) is 5.82 Å². The molecule has 2 N–H and O–H groups in total. The second kappa shape index (κ2) is 8.63. The number of hydrogen-bond donors (Lipinski definition) is 2. The van der Waals surface area contributed by atoms with Gasteiger partial charge in [0.25, 0.3) is 0 Å². The average molecular weight is 460 g/mol. The van der Waals surface area contributed by atoms with Crippen molar-refractivity contribution in [1.82, 2.24) is 4.72 Å². The monoisotopic (exact) mass is 459 g/mol. The molecule has 0 saturated heterocycles. The Hall–Kier alpha value is -2.78. The van der Waals surface area contributed by atoms with Crippen LogP contribution in [0.3, 0.4) is 0 Å². The molecule has 0 aromatic heterocycles. The van der Waals surface area contributed by atoms with Crippen molar-refractivity contribution < 1.29 is 22.4 Å². The molecule has 2 aliphatic rings. The first-order chi connectivity index (χ1) is 15.2. The molecule has 0 unspecified atom stereocenters. The van der Waals surface area contributed by atoms with Gasteiger partial charge in [0, 0.05) is 36.3 Å². The third-order valence-corrected chi connectivity index (χ3v) is 7.31. The average Bonchev–Trinajstić information content (AvgIpc) is 3.51. The van der Waals surface area contributed by atoms with Crippen LogP contribution in [-0.2, 0) is 26.0 Å². The van der Waals surface area contributed by atoms with Crippen LogP contribution in [0.25, 0.3) is 0 Å². The Morgan fingerprint density at radius 2 is 1.91 bits per heavy atom. The molecule has 0 bridgehead atoms. The maximum atomic E-state index is 13.2. The quantitative estimate of drug-likeness (QED) is 0.665. The zero-order valence-electron chi connectivity index (χ0n) is 18.0. The Morgan fingerprint density at radius 1 is 1.16 bits per heavy atom. The van der Waals surface area contributed by atoms with Crippen molar-refractivity contribution in [1.29, 1.82) is 0 Å². The summed E-state index contributed by atoms with van der Waals surface area (Å²) in [5, 5.41) is 2.65. The minimum absolute atomic E-state index is 0.00243. The minimum Gasteiger partial charge on any atom is -0.326 e. The lowest BCUT2D eigenvalue weighted by molar-refractivity contribution is -0.120. The van der Waals surface area contributed by atoms with Crippen LogP contribution in [0.2, 0.25) is 0 Å². The fourth-order valence-corrected chi connectivity index (χ4v) is 5.08. The van der Waals surface area contributed by atoms with E-state index in [2.05, 4.69) is 10.0 Å². The Kier molecular flexibility index (Phi) is 6.05. The van der Waals surface area contributed by atoms with Gasteiger partial charge in [0.05, 0.1) is 4.90 Å². The van der Waals surface area contributed by atoms with Crippen molar-refractivity contribution in [2.75, 3.05) is 16.8 Å². The van der Waals surface area contributed by atoms with Crippen LogP contribution in [0.4, 0.5) is 15.8 Å². The maximum absolute atomic E-state index is 13.2. The molecule has 7 nitrogen and oxygen atoms in total. The molecule has 0 radical (unpaired) electrons. The summed E-state index contributed by atoms with van der Waals surface area (Å²) in [6.07, 6.45) is 2.38. The van der Waals surface area contributed by atoms with E-state index in [1.165, 1.54) is 24.3 Å². The standard InChI is InChI=1S/C23H26FN3O4S/c1-14-11-18(24)5-7-20(14)26-22(28)9-10-25-32(30,31)19-6-8-21-17(13-19)12-15(2)27(21)23(29)16-3-4-16/h5-8,11,13,15-16,25H,3-4,9-10,12H2,1-2H3,(H,26,28)/t15-/m0/s1. The van der Waals surface area contributed by atoms with Crippen LogP contribution in [0.15, 0.2) is 41.3 Å². The van der Waals surface area contributed by atoms with Crippen molar-refractivity contribution in [3.05, 3.63) is 53.3 Å². The van der Waals surface area contributed by atoms with E-state index in [0.29, 0.717) is 17.7 Å². The maximum Gasteiger partial charge on any atom is 0.240 e. The molecule has 1 heterocycles. The summed E-state index contributed by atoms with van der Waals surface area (Å²) >= 11 is 0. The molecule has 1 aliphatic carbocycles. The van der Waals surface area contributed by atoms with E-state index in [4.69, 9.17) is 0 Å². The lowest BCUT2D eigenvalue weighted by Gasteiger charge is -2.22. The molecule has 0 spiro atoms. The van der Waals surface area contributed by atoms with Crippen LogP contribution in [0.5, 0.6) is 0 Å². The number of rotatable bonds is 7. The molecule has 2 amide bonds. The van der Waals surface area contributed by atoms with Crippen LogP contribution < -0.4 is 14.9 Å². The highest BCUT2D eigenvalue weighted by Crippen LogP contribution is 2.39. The second-order valence-corrected chi connectivity index (χ2v) is 10.2. The number of fused-ring (bicyclic) bond motifs is 1. The number of carbonyl (C=O) groups is 2. The van der Waals surface area contributed by atoms with E-state index in [0.717, 1.165) is 24.1 Å². The summed E-state index contributed by atoms with van der Waals surface area (Å²) in [4.78, 5) is 26.6. The summed E-state index contributed by atoms with van der Waals surface area (Å²) in [5.41, 5.74) is 2.68. The number of nitrogens with zero attached hydrogens (tertiary/aromatic N) is 1. The van der Waals surface area contributed by atoms with Crippen molar-refractivity contribution in [3.63, 3.8) is 0 Å². The lowest BCUT2D eigenvalue weighted by atomic mass is 10.1. The number of halogens is 1.